The van der Waals surface area contributed by atoms with Crippen LogP contribution in [0.15, 0.2) is 29.1 Å². The van der Waals surface area contributed by atoms with Gasteiger partial charge in [-0.1, -0.05) is 37.8 Å². The van der Waals surface area contributed by atoms with Gasteiger partial charge in [0.25, 0.3) is 5.56 Å². The van der Waals surface area contributed by atoms with Gasteiger partial charge in [0.1, 0.15) is 0 Å². The number of para-hydroxylation sites is 2. The molecule has 4 unspecified atom stereocenters. The molecule has 2 heterocycles. The Balaban J connectivity index is 1.27. The van der Waals surface area contributed by atoms with Crippen LogP contribution in [0.3, 0.4) is 0 Å². The number of piperidine rings is 1. The molecular formula is C26H31N3O3. The second kappa shape index (κ2) is 6.66. The maximum atomic E-state index is 13.3. The Bertz CT molecular complexity index is 1160. The molecule has 6 atom stereocenters. The first-order valence-electron chi connectivity index (χ1n) is 12.6. The van der Waals surface area contributed by atoms with E-state index < -0.39 is 11.5 Å². The third-order valence-corrected chi connectivity index (χ3v) is 9.95. The van der Waals surface area contributed by atoms with E-state index in [4.69, 9.17) is 0 Å². The van der Waals surface area contributed by atoms with Crippen molar-refractivity contribution in [3.05, 3.63) is 40.3 Å². The fourth-order valence-corrected chi connectivity index (χ4v) is 8.88. The zero-order chi connectivity index (χ0) is 21.6. The average molecular weight is 434 g/mol. The molecule has 1 N–H and O–H groups in total. The number of carboxylic acid groups (broad SMARTS) is 1. The molecule has 168 valence electrons. The summed E-state index contributed by atoms with van der Waals surface area (Å²) in [6, 6.07) is 9.49. The molecule has 1 aromatic heterocycles. The van der Waals surface area contributed by atoms with Crippen molar-refractivity contribution in [3.8, 4) is 0 Å². The van der Waals surface area contributed by atoms with E-state index in [9.17, 15) is 14.7 Å². The van der Waals surface area contributed by atoms with Crippen molar-refractivity contribution in [2.24, 2.45) is 17.3 Å². The zero-order valence-corrected chi connectivity index (χ0v) is 18.4. The van der Waals surface area contributed by atoms with Crippen molar-refractivity contribution in [1.82, 2.24) is 14.5 Å². The minimum Gasteiger partial charge on any atom is -0.476 e. The van der Waals surface area contributed by atoms with Gasteiger partial charge in [0.2, 0.25) is 5.69 Å². The summed E-state index contributed by atoms with van der Waals surface area (Å²) >= 11 is 0. The second-order valence-corrected chi connectivity index (χ2v) is 11.2. The molecule has 2 bridgehead atoms. The minimum absolute atomic E-state index is 0.0952. The topological polar surface area (TPSA) is 75.4 Å². The fraction of sp³-hybridized carbons (Fsp3) is 0.654. The zero-order valence-electron chi connectivity index (χ0n) is 18.4. The van der Waals surface area contributed by atoms with Crippen molar-refractivity contribution in [2.75, 3.05) is 0 Å². The smallest absolute Gasteiger partial charge is 0.360 e. The molecule has 0 amide bonds. The summed E-state index contributed by atoms with van der Waals surface area (Å²) in [6.45, 7) is 0. The number of nitrogens with zero attached hydrogens (tertiary/aromatic N) is 3. The van der Waals surface area contributed by atoms with E-state index in [1.54, 1.807) is 0 Å². The van der Waals surface area contributed by atoms with Gasteiger partial charge in [-0.05, 0) is 62.5 Å². The van der Waals surface area contributed by atoms with E-state index in [-0.39, 0.29) is 17.2 Å². The van der Waals surface area contributed by atoms with Crippen molar-refractivity contribution >= 4 is 17.0 Å². The summed E-state index contributed by atoms with van der Waals surface area (Å²) in [5.41, 5.74) is 0.780. The van der Waals surface area contributed by atoms with Gasteiger partial charge < -0.3 is 9.67 Å². The largest absolute Gasteiger partial charge is 0.476 e. The van der Waals surface area contributed by atoms with E-state index in [2.05, 4.69) is 9.88 Å². The van der Waals surface area contributed by atoms with Gasteiger partial charge in [-0.15, -0.1) is 0 Å². The van der Waals surface area contributed by atoms with Crippen molar-refractivity contribution in [1.29, 1.82) is 0 Å². The first-order valence-corrected chi connectivity index (χ1v) is 12.6. The molecule has 2 aromatic rings. The van der Waals surface area contributed by atoms with Gasteiger partial charge in [-0.3, -0.25) is 9.69 Å². The number of hydrogen-bond acceptors (Lipinski definition) is 4. The van der Waals surface area contributed by atoms with Gasteiger partial charge in [-0.25, -0.2) is 9.78 Å². The third kappa shape index (κ3) is 2.37. The second-order valence-electron chi connectivity index (χ2n) is 11.2. The van der Waals surface area contributed by atoms with Crippen LogP contribution in [-0.2, 0) is 0 Å². The predicted octanol–water partition coefficient (Wildman–Crippen LogP) is 4.23. The predicted molar refractivity (Wildman–Crippen MR) is 121 cm³/mol. The summed E-state index contributed by atoms with van der Waals surface area (Å²) < 4.78 is 1.83. The van der Waals surface area contributed by atoms with Crippen molar-refractivity contribution in [3.63, 3.8) is 0 Å². The molecule has 7 rings (SSSR count). The van der Waals surface area contributed by atoms with Gasteiger partial charge >= 0.3 is 5.97 Å². The standard InChI is InChI=1S/C26H31N3O3/c30-24-23(25(31)32)27-18-7-1-2-8-19(18)29(24)22-14-21-26(22)10-4-9-20(26)28(21)17-12-15-5-3-6-16(11-15)13-17/h1-2,7-8,15-17,20-22H,3-6,9-14H2,(H,31,32)/t15?,16?,17?,20-,21?,22-,26?/m1/s1. The van der Waals surface area contributed by atoms with Crippen LogP contribution in [0.4, 0.5) is 0 Å². The highest BCUT2D eigenvalue weighted by Crippen LogP contribution is 2.71. The number of carboxylic acids is 1. The molecule has 1 aromatic carbocycles. The number of carbonyl (C=O) groups is 1. The van der Waals surface area contributed by atoms with Gasteiger partial charge in [0.15, 0.2) is 0 Å². The highest BCUT2D eigenvalue weighted by atomic mass is 16.4. The lowest BCUT2D eigenvalue weighted by Crippen LogP contribution is -2.81. The molecule has 5 fully saturated rings. The number of aromatic carboxylic acids is 1. The van der Waals surface area contributed by atoms with Crippen molar-refractivity contribution in [2.45, 2.75) is 88.4 Å². The molecule has 4 aliphatic carbocycles. The lowest BCUT2D eigenvalue weighted by molar-refractivity contribution is -0.246. The normalized spacial score (nSPS) is 40.2. The fourth-order valence-electron chi connectivity index (χ4n) is 8.88. The Morgan fingerprint density at radius 3 is 2.53 bits per heavy atom. The van der Waals surface area contributed by atoms with Crippen LogP contribution in [0.1, 0.15) is 80.7 Å². The van der Waals surface area contributed by atoms with Crippen LogP contribution in [0.5, 0.6) is 0 Å². The summed E-state index contributed by atoms with van der Waals surface area (Å²) in [5, 5.41) is 9.65. The lowest BCUT2D eigenvalue weighted by atomic mass is 9.49. The van der Waals surface area contributed by atoms with Crippen molar-refractivity contribution < 1.29 is 9.90 Å². The molecule has 32 heavy (non-hydrogen) atoms. The monoisotopic (exact) mass is 433 g/mol. The first kappa shape index (κ1) is 19.3. The molecule has 1 aliphatic heterocycles. The molecule has 0 radical (unpaired) electrons. The Hall–Kier alpha value is -2.21. The number of aromatic nitrogens is 2. The lowest BCUT2D eigenvalue weighted by Gasteiger charge is -2.74. The maximum absolute atomic E-state index is 13.3. The van der Waals surface area contributed by atoms with Crippen LogP contribution in [-0.4, -0.2) is 43.7 Å². The SMILES string of the molecule is O=C(O)c1nc2ccccc2n([C@@H]2CC3N(C4CC5CCCC(C5)C4)[C@@H]4CCCC342)c1=O. The van der Waals surface area contributed by atoms with Crippen LogP contribution >= 0.6 is 0 Å². The maximum Gasteiger partial charge on any atom is 0.360 e. The van der Waals surface area contributed by atoms with Gasteiger partial charge in [-0.2, -0.15) is 0 Å². The van der Waals surface area contributed by atoms with E-state index in [1.165, 1.54) is 51.4 Å². The minimum atomic E-state index is -1.23. The molecule has 1 saturated heterocycles. The highest BCUT2D eigenvalue weighted by molar-refractivity contribution is 5.88. The first-order chi connectivity index (χ1) is 15.6. The number of fused-ring (bicyclic) bond motifs is 3. The Kier molecular flexibility index (Phi) is 4.01. The van der Waals surface area contributed by atoms with Crippen LogP contribution in [0.2, 0.25) is 0 Å². The molecule has 1 spiro atoms. The number of rotatable bonds is 3. The quantitative estimate of drug-likeness (QED) is 0.784. The summed E-state index contributed by atoms with van der Waals surface area (Å²) in [5.74, 6) is 0.615. The Morgan fingerprint density at radius 2 is 1.75 bits per heavy atom. The summed E-state index contributed by atoms with van der Waals surface area (Å²) in [6.07, 6.45) is 13.0. The van der Waals surface area contributed by atoms with E-state index in [0.29, 0.717) is 17.6 Å². The number of hydrogen-bond donors (Lipinski definition) is 1. The van der Waals surface area contributed by atoms with Crippen LogP contribution in [0, 0.1) is 17.3 Å². The highest BCUT2D eigenvalue weighted by Gasteiger charge is 2.74. The molecule has 4 saturated carbocycles. The summed E-state index contributed by atoms with van der Waals surface area (Å²) in [4.78, 5) is 32.2. The number of likely N-dealkylation sites (tertiary alicyclic amines) is 1. The molecule has 6 nitrogen and oxygen atoms in total. The Morgan fingerprint density at radius 1 is 0.969 bits per heavy atom. The number of benzene rings is 1. The van der Waals surface area contributed by atoms with Gasteiger partial charge in [0, 0.05) is 29.6 Å². The molecule has 6 heteroatoms. The van der Waals surface area contributed by atoms with Gasteiger partial charge in [0.05, 0.1) is 11.0 Å². The van der Waals surface area contributed by atoms with E-state index >= 15 is 0 Å². The summed E-state index contributed by atoms with van der Waals surface area (Å²) in [7, 11) is 0. The molecule has 5 aliphatic rings. The van der Waals surface area contributed by atoms with Crippen LogP contribution < -0.4 is 5.56 Å². The third-order valence-electron chi connectivity index (χ3n) is 9.95. The van der Waals surface area contributed by atoms with E-state index in [0.717, 1.165) is 36.2 Å². The van der Waals surface area contributed by atoms with Crippen LogP contribution in [0.25, 0.3) is 11.0 Å². The average Bonchev–Trinajstić information content (AvgIpc) is 3.20. The molecular weight excluding hydrogens is 402 g/mol. The van der Waals surface area contributed by atoms with E-state index in [1.807, 2.05) is 28.8 Å². The Labute approximate surface area is 187 Å².